The summed E-state index contributed by atoms with van der Waals surface area (Å²) in [5, 5.41) is 13.3. The van der Waals surface area contributed by atoms with Crippen LogP contribution in [0, 0.1) is 17.2 Å². The number of thiophene rings is 1. The van der Waals surface area contributed by atoms with Crippen molar-refractivity contribution in [2.75, 3.05) is 18.2 Å². The number of hydrogen-bond donors (Lipinski definition) is 1. The summed E-state index contributed by atoms with van der Waals surface area (Å²) in [5.74, 6) is -0.471. The number of carbonyl (C=O) groups is 2. The molecule has 2 heterocycles. The summed E-state index contributed by atoms with van der Waals surface area (Å²) in [5.41, 5.74) is 1.92. The van der Waals surface area contributed by atoms with Crippen molar-refractivity contribution in [1.29, 1.82) is 5.26 Å². The lowest BCUT2D eigenvalue weighted by atomic mass is 9.89. The summed E-state index contributed by atoms with van der Waals surface area (Å²) in [6.07, 6.45) is 6.25. The average molecular weight is 402 g/mol. The highest BCUT2D eigenvalue weighted by Crippen LogP contribution is 2.39. The fourth-order valence-electron chi connectivity index (χ4n) is 3.04. The third-order valence-electron chi connectivity index (χ3n) is 4.40. The van der Waals surface area contributed by atoms with Crippen molar-refractivity contribution < 1.29 is 14.3 Å². The SMILES string of the molecule is CSc1ncccc1C(=O)OCC(=O)Nc1sc2c(c1C#N)CC[C@@H](C)C2. The van der Waals surface area contributed by atoms with Crippen LogP contribution in [0.1, 0.15) is 39.7 Å². The van der Waals surface area contributed by atoms with E-state index in [9.17, 15) is 14.9 Å². The third kappa shape index (κ3) is 4.31. The van der Waals surface area contributed by atoms with Gasteiger partial charge in [-0.25, -0.2) is 9.78 Å². The molecule has 0 spiro atoms. The van der Waals surface area contributed by atoms with Crippen LogP contribution in [0.5, 0.6) is 0 Å². The Hall–Kier alpha value is -2.37. The number of pyridine rings is 1. The van der Waals surface area contributed by atoms with Crippen molar-refractivity contribution >= 4 is 40.0 Å². The van der Waals surface area contributed by atoms with Gasteiger partial charge in [0.15, 0.2) is 6.61 Å². The fraction of sp³-hybridized carbons (Fsp3) is 0.368. The van der Waals surface area contributed by atoms with Gasteiger partial charge in [-0.05, 0) is 49.1 Å². The predicted molar refractivity (Wildman–Crippen MR) is 105 cm³/mol. The van der Waals surface area contributed by atoms with Crippen LogP contribution in [-0.4, -0.2) is 29.7 Å². The third-order valence-corrected chi connectivity index (χ3v) is 6.28. The van der Waals surface area contributed by atoms with E-state index in [-0.39, 0.29) is 0 Å². The number of fused-ring (bicyclic) bond motifs is 1. The normalized spacial score (nSPS) is 15.5. The molecule has 1 amide bonds. The molecule has 1 atom stereocenters. The van der Waals surface area contributed by atoms with Gasteiger partial charge in [0.05, 0.1) is 11.1 Å². The maximum absolute atomic E-state index is 12.2. The first-order valence-corrected chi connectivity index (χ1v) is 10.6. The van der Waals surface area contributed by atoms with E-state index in [1.807, 2.05) is 6.26 Å². The largest absolute Gasteiger partial charge is 0.452 e. The molecule has 0 saturated carbocycles. The number of anilines is 1. The van der Waals surface area contributed by atoms with Gasteiger partial charge in [0.2, 0.25) is 0 Å². The summed E-state index contributed by atoms with van der Waals surface area (Å²) in [4.78, 5) is 29.7. The summed E-state index contributed by atoms with van der Waals surface area (Å²) < 4.78 is 5.11. The maximum Gasteiger partial charge on any atom is 0.341 e. The van der Waals surface area contributed by atoms with E-state index in [1.165, 1.54) is 23.1 Å². The number of hydrogen-bond acceptors (Lipinski definition) is 7. The molecule has 1 aliphatic rings. The predicted octanol–water partition coefficient (Wildman–Crippen LogP) is 3.66. The molecule has 27 heavy (non-hydrogen) atoms. The molecular weight excluding hydrogens is 382 g/mol. The molecule has 2 aromatic rings. The maximum atomic E-state index is 12.2. The van der Waals surface area contributed by atoms with Crippen molar-refractivity contribution in [3.8, 4) is 6.07 Å². The number of ether oxygens (including phenoxy) is 1. The van der Waals surface area contributed by atoms with Gasteiger partial charge in [0, 0.05) is 11.1 Å². The molecule has 140 valence electrons. The zero-order valence-corrected chi connectivity index (χ0v) is 16.7. The number of carbonyl (C=O) groups excluding carboxylic acids is 2. The molecule has 0 bridgehead atoms. The Morgan fingerprint density at radius 3 is 3.07 bits per heavy atom. The molecule has 6 nitrogen and oxygen atoms in total. The number of nitriles is 1. The molecule has 3 rings (SSSR count). The highest BCUT2D eigenvalue weighted by Gasteiger charge is 2.25. The van der Waals surface area contributed by atoms with Crippen LogP contribution < -0.4 is 5.32 Å². The van der Waals surface area contributed by atoms with Crippen LogP contribution in [0.4, 0.5) is 5.00 Å². The first-order valence-electron chi connectivity index (χ1n) is 8.54. The Bertz CT molecular complexity index is 917. The lowest BCUT2D eigenvalue weighted by Gasteiger charge is -2.17. The van der Waals surface area contributed by atoms with Gasteiger partial charge in [0.25, 0.3) is 5.91 Å². The minimum absolute atomic E-state index is 0.330. The molecule has 2 aromatic heterocycles. The highest BCUT2D eigenvalue weighted by molar-refractivity contribution is 7.98. The van der Waals surface area contributed by atoms with Gasteiger partial charge in [-0.1, -0.05) is 6.92 Å². The lowest BCUT2D eigenvalue weighted by Crippen LogP contribution is -2.21. The van der Waals surface area contributed by atoms with Gasteiger partial charge in [-0.2, -0.15) is 5.26 Å². The summed E-state index contributed by atoms with van der Waals surface area (Å²) >= 11 is 2.78. The van der Waals surface area contributed by atoms with Gasteiger partial charge >= 0.3 is 5.97 Å². The Labute approximate surface area is 165 Å². The number of nitrogens with one attached hydrogen (secondary N) is 1. The molecule has 0 saturated heterocycles. The van der Waals surface area contributed by atoms with Gasteiger partial charge in [0.1, 0.15) is 16.1 Å². The fourth-order valence-corrected chi connectivity index (χ4v) is 4.95. The molecule has 0 fully saturated rings. The molecule has 0 radical (unpaired) electrons. The van der Waals surface area contributed by atoms with E-state index in [1.54, 1.807) is 18.3 Å². The van der Waals surface area contributed by atoms with Crippen LogP contribution in [0.25, 0.3) is 0 Å². The molecule has 1 N–H and O–H groups in total. The molecule has 0 unspecified atom stereocenters. The number of nitrogens with zero attached hydrogens (tertiary/aromatic N) is 2. The van der Waals surface area contributed by atoms with Crippen molar-refractivity contribution in [3.05, 3.63) is 39.9 Å². The summed E-state index contributed by atoms with van der Waals surface area (Å²) in [6, 6.07) is 5.46. The van der Waals surface area contributed by atoms with Crippen LogP contribution >= 0.6 is 23.1 Å². The van der Waals surface area contributed by atoms with Gasteiger partial charge in [-0.15, -0.1) is 23.1 Å². The molecule has 0 aromatic carbocycles. The first kappa shape index (κ1) is 19.4. The minimum atomic E-state index is -0.595. The smallest absolute Gasteiger partial charge is 0.341 e. The molecule has 8 heteroatoms. The van der Waals surface area contributed by atoms with Gasteiger partial charge in [-0.3, -0.25) is 4.79 Å². The Balaban J connectivity index is 1.65. The van der Waals surface area contributed by atoms with Crippen LogP contribution in [0.3, 0.4) is 0 Å². The molecule has 0 aliphatic heterocycles. The van der Waals surface area contributed by atoms with E-state index in [0.29, 0.717) is 27.1 Å². The number of amides is 1. The number of rotatable bonds is 5. The van der Waals surface area contributed by atoms with E-state index in [4.69, 9.17) is 4.74 Å². The Morgan fingerprint density at radius 2 is 2.33 bits per heavy atom. The number of thioether (sulfide) groups is 1. The zero-order valence-electron chi connectivity index (χ0n) is 15.1. The van der Waals surface area contributed by atoms with Crippen molar-refractivity contribution in [1.82, 2.24) is 4.98 Å². The van der Waals surface area contributed by atoms with Crippen LogP contribution in [-0.2, 0) is 22.4 Å². The van der Waals surface area contributed by atoms with Crippen molar-refractivity contribution in [3.63, 3.8) is 0 Å². The van der Waals surface area contributed by atoms with Gasteiger partial charge < -0.3 is 10.1 Å². The van der Waals surface area contributed by atoms with E-state index < -0.39 is 18.5 Å². The summed E-state index contributed by atoms with van der Waals surface area (Å²) in [6.45, 7) is 1.78. The lowest BCUT2D eigenvalue weighted by molar-refractivity contribution is -0.119. The molecular formula is C19H19N3O3S2. The number of aromatic nitrogens is 1. The Kier molecular flexibility index (Phi) is 6.14. The van der Waals surface area contributed by atoms with Crippen molar-refractivity contribution in [2.24, 2.45) is 5.92 Å². The average Bonchev–Trinajstić information content (AvgIpc) is 3.01. The minimum Gasteiger partial charge on any atom is -0.452 e. The second-order valence-electron chi connectivity index (χ2n) is 6.35. The number of esters is 1. The topological polar surface area (TPSA) is 92.1 Å². The second-order valence-corrected chi connectivity index (χ2v) is 8.25. The van der Waals surface area contributed by atoms with E-state index >= 15 is 0 Å². The second kappa shape index (κ2) is 8.55. The summed E-state index contributed by atoms with van der Waals surface area (Å²) in [7, 11) is 0. The highest BCUT2D eigenvalue weighted by atomic mass is 32.2. The quantitative estimate of drug-likeness (QED) is 0.607. The zero-order chi connectivity index (χ0) is 19.4. The van der Waals surface area contributed by atoms with Crippen LogP contribution in [0.15, 0.2) is 23.4 Å². The molecule has 1 aliphatic carbocycles. The van der Waals surface area contributed by atoms with Crippen LogP contribution in [0.2, 0.25) is 0 Å². The standard InChI is InChI=1S/C19H19N3O3S2/c1-11-5-6-12-14(9-20)18(27-15(12)8-11)22-16(23)10-25-19(24)13-4-3-7-21-17(13)26-2/h3-4,7,11H,5-6,8,10H2,1-2H3,(H,22,23)/t11-/m1/s1. The van der Waals surface area contributed by atoms with E-state index in [2.05, 4.69) is 23.3 Å². The van der Waals surface area contributed by atoms with Crippen molar-refractivity contribution in [2.45, 2.75) is 31.2 Å². The van der Waals surface area contributed by atoms with E-state index in [0.717, 1.165) is 29.7 Å². The monoisotopic (exact) mass is 401 g/mol. The Morgan fingerprint density at radius 1 is 1.52 bits per heavy atom. The first-order chi connectivity index (χ1) is 13.0.